The van der Waals surface area contributed by atoms with Crippen LogP contribution in [0.25, 0.3) is 11.4 Å². The highest BCUT2D eigenvalue weighted by Gasteiger charge is 2.39. The van der Waals surface area contributed by atoms with Crippen LogP contribution in [-0.2, 0) is 4.79 Å². The van der Waals surface area contributed by atoms with Crippen molar-refractivity contribution >= 4 is 40.8 Å². The molecule has 2 N–H and O–H groups in total. The summed E-state index contributed by atoms with van der Waals surface area (Å²) in [5.41, 5.74) is 0.443. The summed E-state index contributed by atoms with van der Waals surface area (Å²) in [5, 5.41) is 6.49. The van der Waals surface area contributed by atoms with Crippen molar-refractivity contribution in [2.45, 2.75) is 13.1 Å². The van der Waals surface area contributed by atoms with E-state index < -0.39 is 17.5 Å². The number of Topliss-reactive ketones (excluding diaryl/α,β-unsaturated/α-hetero) is 1. The maximum atomic E-state index is 13.0. The zero-order chi connectivity index (χ0) is 28.9. The van der Waals surface area contributed by atoms with Crippen LogP contribution in [0.4, 0.5) is 24.8 Å². The molecule has 1 fully saturated rings. The average Bonchev–Trinajstić information content (AvgIpc) is 2.94. The third-order valence-electron chi connectivity index (χ3n) is 6.16. The third-order valence-corrected chi connectivity index (χ3v) is 6.41. The van der Waals surface area contributed by atoms with E-state index in [1.807, 2.05) is 17.0 Å². The fourth-order valence-electron chi connectivity index (χ4n) is 4.09. The Morgan fingerprint density at radius 3 is 2.12 bits per heavy atom. The van der Waals surface area contributed by atoms with E-state index in [0.29, 0.717) is 61.8 Å². The smallest absolute Gasteiger partial charge is 0.368 e. The van der Waals surface area contributed by atoms with E-state index in [1.54, 1.807) is 23.1 Å². The molecule has 210 valence electrons. The normalized spacial score (nSPS) is 13.6. The van der Waals surface area contributed by atoms with Gasteiger partial charge in [-0.3, -0.25) is 14.4 Å². The lowest BCUT2D eigenvalue weighted by Gasteiger charge is -2.35. The molecule has 1 saturated heterocycles. The second-order valence-corrected chi connectivity index (χ2v) is 9.47. The lowest BCUT2D eigenvalue weighted by molar-refractivity contribution is -0.118. The highest BCUT2D eigenvalue weighted by molar-refractivity contribution is 6.30. The van der Waals surface area contributed by atoms with Crippen molar-refractivity contribution in [3.05, 3.63) is 70.7 Å². The summed E-state index contributed by atoms with van der Waals surface area (Å²) in [6.07, 6.45) is -4.98. The molecule has 0 aliphatic carbocycles. The van der Waals surface area contributed by atoms with Crippen LogP contribution < -0.4 is 15.5 Å². The molecule has 0 atom stereocenters. The van der Waals surface area contributed by atoms with Gasteiger partial charge in [-0.05, 0) is 36.4 Å². The third kappa shape index (κ3) is 7.26. The van der Waals surface area contributed by atoms with E-state index in [1.165, 1.54) is 19.1 Å². The number of amides is 2. The lowest BCUT2D eigenvalue weighted by Crippen LogP contribution is -2.49. The predicted molar refractivity (Wildman–Crippen MR) is 145 cm³/mol. The first-order valence-corrected chi connectivity index (χ1v) is 12.8. The van der Waals surface area contributed by atoms with Crippen LogP contribution in [0, 0.1) is 0 Å². The summed E-state index contributed by atoms with van der Waals surface area (Å²) >= 11 is 6.03. The average molecular weight is 575 g/mol. The molecule has 0 spiro atoms. The van der Waals surface area contributed by atoms with E-state index in [0.717, 1.165) is 17.7 Å². The molecular weight excluding hydrogens is 549 g/mol. The fourth-order valence-corrected chi connectivity index (χ4v) is 4.22. The Morgan fingerprint density at radius 2 is 1.52 bits per heavy atom. The zero-order valence-corrected chi connectivity index (χ0v) is 22.2. The highest BCUT2D eigenvalue weighted by atomic mass is 35.5. The predicted octanol–water partition coefficient (Wildman–Crippen LogP) is 4.05. The molecule has 2 heterocycles. The van der Waals surface area contributed by atoms with Crippen LogP contribution in [0.3, 0.4) is 0 Å². The van der Waals surface area contributed by atoms with E-state index >= 15 is 0 Å². The molecule has 1 aromatic heterocycles. The number of rotatable bonds is 8. The van der Waals surface area contributed by atoms with Gasteiger partial charge < -0.3 is 20.4 Å². The number of carbonyl (C=O) groups excluding carboxylic acids is 3. The van der Waals surface area contributed by atoms with Crippen molar-refractivity contribution in [2.24, 2.45) is 0 Å². The Labute approximate surface area is 233 Å². The summed E-state index contributed by atoms with van der Waals surface area (Å²) in [5.74, 6) is -0.743. The van der Waals surface area contributed by atoms with Crippen molar-refractivity contribution in [1.29, 1.82) is 0 Å². The summed E-state index contributed by atoms with van der Waals surface area (Å²) in [6.45, 7) is 3.93. The molecular formula is C27H26ClF3N6O3. The molecule has 40 heavy (non-hydrogen) atoms. The molecule has 0 radical (unpaired) electrons. The minimum Gasteiger partial charge on any atom is -0.368 e. The van der Waals surface area contributed by atoms with E-state index in [4.69, 9.17) is 16.6 Å². The van der Waals surface area contributed by atoms with Crippen molar-refractivity contribution in [3.63, 3.8) is 0 Å². The van der Waals surface area contributed by atoms with Gasteiger partial charge in [0, 0.05) is 74.0 Å². The maximum Gasteiger partial charge on any atom is 0.454 e. The molecule has 1 aliphatic rings. The maximum absolute atomic E-state index is 13.0. The van der Waals surface area contributed by atoms with Crippen LogP contribution in [-0.4, -0.2) is 77.9 Å². The summed E-state index contributed by atoms with van der Waals surface area (Å²) in [4.78, 5) is 48.5. The number of ketones is 1. The van der Waals surface area contributed by atoms with Gasteiger partial charge in [0.1, 0.15) is 11.6 Å². The Kier molecular flexibility index (Phi) is 8.88. The molecule has 0 bridgehead atoms. The van der Waals surface area contributed by atoms with Crippen molar-refractivity contribution in [3.8, 4) is 11.4 Å². The second kappa shape index (κ2) is 12.3. The Balaban J connectivity index is 1.46. The number of piperazine rings is 1. The Morgan fingerprint density at radius 1 is 0.900 bits per heavy atom. The van der Waals surface area contributed by atoms with Crippen LogP contribution in [0.2, 0.25) is 5.02 Å². The van der Waals surface area contributed by atoms with E-state index in [-0.39, 0.29) is 17.4 Å². The van der Waals surface area contributed by atoms with Gasteiger partial charge in [-0.2, -0.15) is 13.2 Å². The number of nitrogens with one attached hydrogen (secondary N) is 2. The monoisotopic (exact) mass is 574 g/mol. The lowest BCUT2D eigenvalue weighted by atomic mass is 10.1. The molecule has 0 saturated carbocycles. The van der Waals surface area contributed by atoms with Gasteiger partial charge >= 0.3 is 6.18 Å². The number of carbonyl (C=O) groups is 3. The van der Waals surface area contributed by atoms with Gasteiger partial charge in [-0.25, -0.2) is 9.97 Å². The van der Waals surface area contributed by atoms with Gasteiger partial charge in [-0.1, -0.05) is 23.7 Å². The fraction of sp³-hybridized carbons (Fsp3) is 0.296. The molecule has 9 nitrogen and oxygen atoms in total. The highest BCUT2D eigenvalue weighted by Crippen LogP contribution is 2.25. The van der Waals surface area contributed by atoms with Gasteiger partial charge in [0.15, 0.2) is 5.82 Å². The summed E-state index contributed by atoms with van der Waals surface area (Å²) < 4.78 is 38.0. The first-order valence-electron chi connectivity index (χ1n) is 12.4. The molecule has 13 heteroatoms. The SMILES string of the molecule is CC(=O)NCCNc1cc(N2CCN(C(=O)c3ccc(C(=O)C(F)(F)F)cc3)CC2)nc(-c2ccc(Cl)cc2)n1. The number of aromatic nitrogens is 2. The molecule has 3 aromatic rings. The largest absolute Gasteiger partial charge is 0.454 e. The van der Waals surface area contributed by atoms with Crippen molar-refractivity contribution in [2.75, 3.05) is 49.5 Å². The van der Waals surface area contributed by atoms with Crippen molar-refractivity contribution in [1.82, 2.24) is 20.2 Å². The van der Waals surface area contributed by atoms with Crippen molar-refractivity contribution < 1.29 is 27.6 Å². The molecule has 2 aromatic carbocycles. The minimum absolute atomic E-state index is 0.134. The minimum atomic E-state index is -4.98. The van der Waals surface area contributed by atoms with Crippen LogP contribution >= 0.6 is 11.6 Å². The van der Waals surface area contributed by atoms with Crippen LogP contribution in [0.5, 0.6) is 0 Å². The molecule has 2 amide bonds. The summed E-state index contributed by atoms with van der Waals surface area (Å²) in [7, 11) is 0. The summed E-state index contributed by atoms with van der Waals surface area (Å²) in [6, 6.07) is 13.4. The number of alkyl halides is 3. The first-order chi connectivity index (χ1) is 19.0. The van der Waals surface area contributed by atoms with Crippen LogP contribution in [0.15, 0.2) is 54.6 Å². The number of anilines is 2. The number of benzene rings is 2. The Hall–Kier alpha value is -4.19. The first kappa shape index (κ1) is 28.8. The Bertz CT molecular complexity index is 1380. The topological polar surface area (TPSA) is 108 Å². The van der Waals surface area contributed by atoms with E-state index in [9.17, 15) is 27.6 Å². The standard InChI is InChI=1S/C27H26ClF3N6O3/c1-17(38)32-10-11-33-22-16-23(35-25(34-22)19-6-8-21(28)9-7-19)36-12-14-37(15-13-36)26(40)20-4-2-18(3-5-20)24(39)27(29,30)31/h2-9,16H,10-15H2,1H3,(H,32,38)(H,33,34,35). The van der Waals surface area contributed by atoms with Gasteiger partial charge in [0.2, 0.25) is 5.91 Å². The number of nitrogens with zero attached hydrogens (tertiary/aromatic N) is 4. The number of hydrogen-bond donors (Lipinski definition) is 2. The number of hydrogen-bond acceptors (Lipinski definition) is 7. The number of halogens is 4. The zero-order valence-electron chi connectivity index (χ0n) is 21.5. The van der Waals surface area contributed by atoms with Gasteiger partial charge in [0.05, 0.1) is 0 Å². The van der Waals surface area contributed by atoms with Gasteiger partial charge in [-0.15, -0.1) is 0 Å². The molecule has 1 aliphatic heterocycles. The second-order valence-electron chi connectivity index (χ2n) is 9.04. The quantitative estimate of drug-likeness (QED) is 0.309. The van der Waals surface area contributed by atoms with E-state index in [2.05, 4.69) is 15.6 Å². The van der Waals surface area contributed by atoms with Crippen LogP contribution in [0.1, 0.15) is 27.6 Å². The van der Waals surface area contributed by atoms with Gasteiger partial charge in [0.25, 0.3) is 11.7 Å². The molecule has 0 unspecified atom stereocenters. The molecule has 4 rings (SSSR count).